The fraction of sp³-hybridized carbons (Fsp3) is 0.259. The number of rotatable bonds is 7. The topological polar surface area (TPSA) is 92.8 Å². The highest BCUT2D eigenvalue weighted by Crippen LogP contribution is 2.31. The third-order valence-electron chi connectivity index (χ3n) is 6.40. The van der Waals surface area contributed by atoms with Crippen LogP contribution in [0.5, 0.6) is 0 Å². The van der Waals surface area contributed by atoms with Gasteiger partial charge in [-0.15, -0.1) is 0 Å². The van der Waals surface area contributed by atoms with Gasteiger partial charge in [0.05, 0.1) is 17.6 Å². The molecular formula is C27H26Br2N2O5S. The standard InChI is InChI=1S/C27H26Br2N2O5S/c1-36-27(33)20-7-4-6-19(15-20)23-8-3-2-5-21(23)17-30-26(32)18-11-13-31(14-12-18)37(34,35)25-16-22(28)9-10-24(25)29/h2-10,15-16,18H,11-14,17H2,1H3,(H,30,32). The van der Waals surface area contributed by atoms with Crippen molar-refractivity contribution < 1.29 is 22.7 Å². The lowest BCUT2D eigenvalue weighted by Crippen LogP contribution is -2.43. The van der Waals surface area contributed by atoms with Gasteiger partial charge in [0.25, 0.3) is 0 Å². The van der Waals surface area contributed by atoms with Crippen LogP contribution in [0.25, 0.3) is 11.1 Å². The van der Waals surface area contributed by atoms with Gasteiger partial charge in [-0.1, -0.05) is 52.3 Å². The number of piperidine rings is 1. The molecule has 1 aliphatic heterocycles. The van der Waals surface area contributed by atoms with Gasteiger partial charge in [0.15, 0.2) is 0 Å². The van der Waals surface area contributed by atoms with Gasteiger partial charge in [0, 0.05) is 34.5 Å². The molecule has 0 spiro atoms. The van der Waals surface area contributed by atoms with Crippen LogP contribution in [0.1, 0.15) is 28.8 Å². The summed E-state index contributed by atoms with van der Waals surface area (Å²) in [5.41, 5.74) is 3.13. The zero-order chi connectivity index (χ0) is 26.6. The van der Waals surface area contributed by atoms with Crippen LogP contribution in [0.4, 0.5) is 0 Å². The SMILES string of the molecule is COC(=O)c1cccc(-c2ccccc2CNC(=O)C2CCN(S(=O)(=O)c3cc(Br)ccc3Br)CC2)c1. The number of ether oxygens (including phenoxy) is 1. The average Bonchev–Trinajstić information content (AvgIpc) is 2.92. The van der Waals surface area contributed by atoms with Crippen molar-refractivity contribution in [2.75, 3.05) is 20.2 Å². The number of carbonyl (C=O) groups excluding carboxylic acids is 2. The molecule has 37 heavy (non-hydrogen) atoms. The number of nitrogens with zero attached hydrogens (tertiary/aromatic N) is 1. The number of amides is 1. The van der Waals surface area contributed by atoms with Crippen LogP contribution in [-0.2, 0) is 26.1 Å². The molecule has 0 aliphatic carbocycles. The Bertz CT molecular complexity index is 1420. The number of nitrogens with one attached hydrogen (secondary N) is 1. The molecule has 4 rings (SSSR count). The van der Waals surface area contributed by atoms with Crippen LogP contribution in [0, 0.1) is 5.92 Å². The smallest absolute Gasteiger partial charge is 0.337 e. The van der Waals surface area contributed by atoms with Crippen molar-refractivity contribution in [3.8, 4) is 11.1 Å². The highest BCUT2D eigenvalue weighted by atomic mass is 79.9. The number of hydrogen-bond donors (Lipinski definition) is 1. The largest absolute Gasteiger partial charge is 0.465 e. The van der Waals surface area contributed by atoms with Crippen molar-refractivity contribution >= 4 is 53.8 Å². The first kappa shape index (κ1) is 27.5. The minimum atomic E-state index is -3.68. The molecule has 0 aromatic heterocycles. The quantitative estimate of drug-likeness (QED) is 0.347. The maximum Gasteiger partial charge on any atom is 0.337 e. The predicted molar refractivity (Wildman–Crippen MR) is 148 cm³/mol. The number of halogens is 2. The Labute approximate surface area is 233 Å². The lowest BCUT2D eigenvalue weighted by atomic mass is 9.96. The molecule has 1 amide bonds. The average molecular weight is 650 g/mol. The molecule has 0 bridgehead atoms. The van der Waals surface area contributed by atoms with E-state index < -0.39 is 16.0 Å². The maximum absolute atomic E-state index is 13.2. The van der Waals surface area contributed by atoms with Crippen molar-refractivity contribution in [3.05, 3.63) is 86.8 Å². The lowest BCUT2D eigenvalue weighted by Gasteiger charge is -2.31. The summed E-state index contributed by atoms with van der Waals surface area (Å²) in [6.07, 6.45) is 0.888. The van der Waals surface area contributed by atoms with Gasteiger partial charge in [-0.2, -0.15) is 4.31 Å². The molecule has 0 radical (unpaired) electrons. The van der Waals surface area contributed by atoms with E-state index in [4.69, 9.17) is 4.74 Å². The van der Waals surface area contributed by atoms with E-state index in [2.05, 4.69) is 37.2 Å². The third kappa shape index (κ3) is 6.31. The summed E-state index contributed by atoms with van der Waals surface area (Å²) in [5.74, 6) is -0.778. The Hall–Kier alpha value is -2.53. The zero-order valence-electron chi connectivity index (χ0n) is 20.1. The Kier molecular flexibility index (Phi) is 8.84. The fourth-order valence-corrected chi connectivity index (χ4v) is 7.32. The molecule has 0 unspecified atom stereocenters. The van der Waals surface area contributed by atoms with Crippen LogP contribution >= 0.6 is 31.9 Å². The molecule has 3 aromatic carbocycles. The second kappa shape index (κ2) is 11.9. The Morgan fingerprint density at radius 1 is 1.00 bits per heavy atom. The van der Waals surface area contributed by atoms with Gasteiger partial charge < -0.3 is 10.1 Å². The summed E-state index contributed by atoms with van der Waals surface area (Å²) in [6, 6.07) is 19.9. The van der Waals surface area contributed by atoms with E-state index >= 15 is 0 Å². The number of sulfonamides is 1. The summed E-state index contributed by atoms with van der Waals surface area (Å²) >= 11 is 6.67. The minimum Gasteiger partial charge on any atom is -0.465 e. The molecule has 0 saturated carbocycles. The van der Waals surface area contributed by atoms with Crippen LogP contribution < -0.4 is 5.32 Å². The second-order valence-corrected chi connectivity index (χ2v) is 12.4. The van der Waals surface area contributed by atoms with Gasteiger partial charge in [-0.3, -0.25) is 4.79 Å². The predicted octanol–water partition coefficient (Wildman–Crippen LogP) is 5.38. The van der Waals surface area contributed by atoms with Crippen LogP contribution in [0.2, 0.25) is 0 Å². The number of esters is 1. The summed E-state index contributed by atoms with van der Waals surface area (Å²) in [5, 5.41) is 3.02. The Morgan fingerprint density at radius 3 is 2.46 bits per heavy atom. The van der Waals surface area contributed by atoms with Gasteiger partial charge in [-0.25, -0.2) is 13.2 Å². The summed E-state index contributed by atoms with van der Waals surface area (Å²) in [6.45, 7) is 0.869. The van der Waals surface area contributed by atoms with Gasteiger partial charge in [-0.05, 0) is 75.8 Å². The molecule has 194 valence electrons. The molecule has 1 saturated heterocycles. The molecule has 7 nitrogen and oxygen atoms in total. The summed E-state index contributed by atoms with van der Waals surface area (Å²) < 4.78 is 33.8. The second-order valence-electron chi connectivity index (χ2n) is 8.70. The first-order valence-corrected chi connectivity index (χ1v) is 14.7. The monoisotopic (exact) mass is 648 g/mol. The normalized spacial score (nSPS) is 14.8. The summed E-state index contributed by atoms with van der Waals surface area (Å²) in [4.78, 5) is 25.1. The molecule has 1 heterocycles. The van der Waals surface area contributed by atoms with Crippen molar-refractivity contribution in [1.82, 2.24) is 9.62 Å². The van der Waals surface area contributed by atoms with Gasteiger partial charge in [0.1, 0.15) is 0 Å². The van der Waals surface area contributed by atoms with Crippen molar-refractivity contribution in [2.24, 2.45) is 5.92 Å². The number of carbonyl (C=O) groups is 2. The first-order chi connectivity index (χ1) is 17.7. The molecule has 1 fully saturated rings. The van der Waals surface area contributed by atoms with Gasteiger partial charge >= 0.3 is 5.97 Å². The van der Waals surface area contributed by atoms with E-state index in [0.717, 1.165) is 16.7 Å². The van der Waals surface area contributed by atoms with Crippen LogP contribution in [-0.4, -0.2) is 44.8 Å². The lowest BCUT2D eigenvalue weighted by molar-refractivity contribution is -0.126. The van der Waals surface area contributed by atoms with Crippen molar-refractivity contribution in [3.63, 3.8) is 0 Å². The highest BCUT2D eigenvalue weighted by molar-refractivity contribution is 9.11. The number of methoxy groups -OCH3 is 1. The number of hydrogen-bond acceptors (Lipinski definition) is 5. The molecule has 1 N–H and O–H groups in total. The molecule has 3 aromatic rings. The number of benzene rings is 3. The third-order valence-corrected chi connectivity index (χ3v) is 9.79. The highest BCUT2D eigenvalue weighted by Gasteiger charge is 2.33. The molecule has 1 aliphatic rings. The fourth-order valence-electron chi connectivity index (χ4n) is 4.39. The van der Waals surface area contributed by atoms with E-state index in [1.165, 1.54) is 11.4 Å². The molecule has 0 atom stereocenters. The van der Waals surface area contributed by atoms with Crippen molar-refractivity contribution in [2.45, 2.75) is 24.3 Å². The van der Waals surface area contributed by atoms with Gasteiger partial charge in [0.2, 0.25) is 15.9 Å². The van der Waals surface area contributed by atoms with Crippen LogP contribution in [0.3, 0.4) is 0 Å². The van der Waals surface area contributed by atoms with E-state index in [-0.39, 0.29) is 29.8 Å². The van der Waals surface area contributed by atoms with E-state index in [9.17, 15) is 18.0 Å². The van der Waals surface area contributed by atoms with Crippen molar-refractivity contribution in [1.29, 1.82) is 0 Å². The maximum atomic E-state index is 13.2. The van der Waals surface area contributed by atoms with E-state index in [1.54, 1.807) is 36.4 Å². The minimum absolute atomic E-state index is 0.0983. The van der Waals surface area contributed by atoms with E-state index in [1.807, 2.05) is 30.3 Å². The Balaban J connectivity index is 1.40. The van der Waals surface area contributed by atoms with Crippen LogP contribution in [0.15, 0.2) is 80.6 Å². The summed E-state index contributed by atoms with van der Waals surface area (Å²) in [7, 11) is -2.33. The Morgan fingerprint density at radius 2 is 1.73 bits per heavy atom. The molecular weight excluding hydrogens is 624 g/mol. The zero-order valence-corrected chi connectivity index (χ0v) is 24.1. The first-order valence-electron chi connectivity index (χ1n) is 11.7. The van der Waals surface area contributed by atoms with E-state index in [0.29, 0.717) is 33.9 Å². The molecule has 10 heteroatoms.